The Morgan fingerprint density at radius 1 is 0.917 bits per heavy atom. The average Bonchev–Trinajstić information content (AvgIpc) is 2.62. The van der Waals surface area contributed by atoms with Gasteiger partial charge in [0.1, 0.15) is 17.2 Å². The zero-order valence-corrected chi connectivity index (χ0v) is 14.1. The molecule has 0 radical (unpaired) electrons. The molecule has 1 N–H and O–H groups in total. The molecule has 0 spiro atoms. The first-order chi connectivity index (χ1) is 11.3. The lowest BCUT2D eigenvalue weighted by atomic mass is 10.3. The first-order valence-corrected chi connectivity index (χ1v) is 7.75. The predicted molar refractivity (Wildman–Crippen MR) is 95.2 cm³/mol. The summed E-state index contributed by atoms with van der Waals surface area (Å²) in [4.78, 5) is 13.9. The maximum Gasteiger partial charge on any atom is 0.260 e. The van der Waals surface area contributed by atoms with E-state index in [1.165, 1.54) is 0 Å². The average molecular weight is 349 g/mol. The van der Waals surface area contributed by atoms with Gasteiger partial charge in [-0.15, -0.1) is 12.4 Å². The van der Waals surface area contributed by atoms with Gasteiger partial charge in [-0.05, 0) is 36.4 Å². The van der Waals surface area contributed by atoms with Crippen molar-refractivity contribution in [1.82, 2.24) is 10.2 Å². The third-order valence-electron chi connectivity index (χ3n) is 3.63. The smallest absolute Gasteiger partial charge is 0.260 e. The Balaban J connectivity index is 0.00000208. The summed E-state index contributed by atoms with van der Waals surface area (Å²) < 4.78 is 11.3. The number of nitrogens with one attached hydrogen (secondary N) is 1. The number of carbonyl (C=O) groups excluding carboxylic acids is 1. The number of amides is 1. The van der Waals surface area contributed by atoms with Crippen LogP contribution < -0.4 is 14.8 Å². The highest BCUT2D eigenvalue weighted by Gasteiger charge is 2.16. The molecule has 6 heteroatoms. The van der Waals surface area contributed by atoms with E-state index in [0.717, 1.165) is 37.7 Å². The molecule has 2 aromatic carbocycles. The molecule has 0 atom stereocenters. The van der Waals surface area contributed by atoms with Crippen molar-refractivity contribution < 1.29 is 14.3 Å². The minimum Gasteiger partial charge on any atom is -0.484 e. The van der Waals surface area contributed by atoms with Crippen molar-refractivity contribution in [3.8, 4) is 17.2 Å². The topological polar surface area (TPSA) is 50.8 Å². The van der Waals surface area contributed by atoms with Crippen LogP contribution in [0.2, 0.25) is 0 Å². The summed E-state index contributed by atoms with van der Waals surface area (Å²) >= 11 is 0. The maximum atomic E-state index is 12.0. The van der Waals surface area contributed by atoms with Crippen molar-refractivity contribution in [2.75, 3.05) is 32.8 Å². The number of piperazine rings is 1. The van der Waals surface area contributed by atoms with Crippen LogP contribution in [0, 0.1) is 0 Å². The zero-order valence-electron chi connectivity index (χ0n) is 13.3. The number of nitrogens with zero attached hydrogens (tertiary/aromatic N) is 1. The third kappa shape index (κ3) is 5.15. The van der Waals surface area contributed by atoms with E-state index in [0.29, 0.717) is 5.75 Å². The zero-order chi connectivity index (χ0) is 15.9. The van der Waals surface area contributed by atoms with Gasteiger partial charge in [0.15, 0.2) is 6.61 Å². The number of benzene rings is 2. The molecule has 0 saturated carbocycles. The molecule has 1 amide bonds. The van der Waals surface area contributed by atoms with Crippen molar-refractivity contribution in [2.45, 2.75) is 0 Å². The molecule has 0 aromatic heterocycles. The minimum absolute atomic E-state index is 0. The minimum atomic E-state index is 0. The third-order valence-corrected chi connectivity index (χ3v) is 3.63. The highest BCUT2D eigenvalue weighted by molar-refractivity contribution is 5.85. The number of hydrogen-bond donors (Lipinski definition) is 1. The molecule has 128 valence electrons. The summed E-state index contributed by atoms with van der Waals surface area (Å²) in [5.74, 6) is 2.21. The summed E-state index contributed by atoms with van der Waals surface area (Å²) in [6.07, 6.45) is 0. The standard InChI is InChI=1S/C18H20N2O3.ClH/c21-18(20-12-10-19-11-13-20)14-22-15-6-8-17(9-7-15)23-16-4-2-1-3-5-16;/h1-9,19H,10-14H2;1H. The normalized spacial score (nSPS) is 13.8. The van der Waals surface area contributed by atoms with Crippen molar-refractivity contribution >= 4 is 18.3 Å². The fourth-order valence-electron chi connectivity index (χ4n) is 2.38. The molecule has 1 fully saturated rings. The molecule has 3 rings (SSSR count). The van der Waals surface area contributed by atoms with Gasteiger partial charge in [0.05, 0.1) is 0 Å². The number of halogens is 1. The Bertz CT molecular complexity index is 628. The van der Waals surface area contributed by atoms with E-state index in [2.05, 4.69) is 5.32 Å². The van der Waals surface area contributed by atoms with Gasteiger partial charge in [0.25, 0.3) is 5.91 Å². The number of para-hydroxylation sites is 1. The van der Waals surface area contributed by atoms with Gasteiger partial charge in [-0.3, -0.25) is 4.79 Å². The summed E-state index contributed by atoms with van der Waals surface area (Å²) in [6.45, 7) is 3.24. The second kappa shape index (κ2) is 9.15. The first-order valence-electron chi connectivity index (χ1n) is 7.75. The fraction of sp³-hybridized carbons (Fsp3) is 0.278. The van der Waals surface area contributed by atoms with Gasteiger partial charge in [0, 0.05) is 26.2 Å². The molecule has 24 heavy (non-hydrogen) atoms. The fourth-order valence-corrected chi connectivity index (χ4v) is 2.38. The molecule has 1 aliphatic heterocycles. The summed E-state index contributed by atoms with van der Waals surface area (Å²) in [5, 5.41) is 3.22. The maximum absolute atomic E-state index is 12.0. The van der Waals surface area contributed by atoms with Gasteiger partial charge < -0.3 is 19.7 Å². The molecular formula is C18H21ClN2O3. The Morgan fingerprint density at radius 2 is 1.50 bits per heavy atom. The monoisotopic (exact) mass is 348 g/mol. The van der Waals surface area contributed by atoms with Gasteiger partial charge in [0.2, 0.25) is 0 Å². The second-order valence-corrected chi connectivity index (χ2v) is 5.31. The predicted octanol–water partition coefficient (Wildman–Crippen LogP) is 2.71. The SMILES string of the molecule is Cl.O=C(COc1ccc(Oc2ccccc2)cc1)N1CCNCC1. The lowest BCUT2D eigenvalue weighted by Crippen LogP contribution is -2.47. The highest BCUT2D eigenvalue weighted by atomic mass is 35.5. The summed E-state index contributed by atoms with van der Waals surface area (Å²) in [6, 6.07) is 16.9. The van der Waals surface area contributed by atoms with Crippen molar-refractivity contribution in [2.24, 2.45) is 0 Å². The van der Waals surface area contributed by atoms with Crippen LogP contribution in [0.1, 0.15) is 0 Å². The molecule has 0 bridgehead atoms. The number of carbonyl (C=O) groups is 1. The van der Waals surface area contributed by atoms with Crippen molar-refractivity contribution in [1.29, 1.82) is 0 Å². The van der Waals surface area contributed by atoms with E-state index in [1.807, 2.05) is 59.5 Å². The molecule has 0 aliphatic carbocycles. The molecule has 1 saturated heterocycles. The molecule has 1 heterocycles. The second-order valence-electron chi connectivity index (χ2n) is 5.31. The highest BCUT2D eigenvalue weighted by Crippen LogP contribution is 2.23. The van der Waals surface area contributed by atoms with Crippen molar-refractivity contribution in [3.05, 3.63) is 54.6 Å². The Kier molecular flexibility index (Phi) is 6.90. The number of rotatable bonds is 5. The van der Waals surface area contributed by atoms with Crippen LogP contribution in [0.25, 0.3) is 0 Å². The summed E-state index contributed by atoms with van der Waals surface area (Å²) in [5.41, 5.74) is 0. The summed E-state index contributed by atoms with van der Waals surface area (Å²) in [7, 11) is 0. The van der Waals surface area contributed by atoms with E-state index in [4.69, 9.17) is 9.47 Å². The van der Waals surface area contributed by atoms with E-state index in [1.54, 1.807) is 0 Å². The Hall–Kier alpha value is -2.24. The first kappa shape index (κ1) is 18.1. The molecule has 1 aliphatic rings. The van der Waals surface area contributed by atoms with Gasteiger partial charge in [-0.25, -0.2) is 0 Å². The number of ether oxygens (including phenoxy) is 2. The van der Waals surface area contributed by atoms with E-state index >= 15 is 0 Å². The largest absolute Gasteiger partial charge is 0.484 e. The lowest BCUT2D eigenvalue weighted by molar-refractivity contribution is -0.133. The van der Waals surface area contributed by atoms with E-state index in [-0.39, 0.29) is 24.9 Å². The van der Waals surface area contributed by atoms with Crippen LogP contribution >= 0.6 is 12.4 Å². The Labute approximate surface area is 148 Å². The quantitative estimate of drug-likeness (QED) is 0.902. The van der Waals surface area contributed by atoms with Crippen LogP contribution in [0.15, 0.2) is 54.6 Å². The van der Waals surface area contributed by atoms with Crippen LogP contribution in [0.5, 0.6) is 17.2 Å². The molecule has 5 nitrogen and oxygen atoms in total. The van der Waals surface area contributed by atoms with Crippen molar-refractivity contribution in [3.63, 3.8) is 0 Å². The van der Waals surface area contributed by atoms with Gasteiger partial charge in [-0.2, -0.15) is 0 Å². The van der Waals surface area contributed by atoms with Crippen LogP contribution in [-0.2, 0) is 4.79 Å². The molecular weight excluding hydrogens is 328 g/mol. The lowest BCUT2D eigenvalue weighted by Gasteiger charge is -2.27. The van der Waals surface area contributed by atoms with Gasteiger partial charge >= 0.3 is 0 Å². The van der Waals surface area contributed by atoms with Gasteiger partial charge in [-0.1, -0.05) is 18.2 Å². The van der Waals surface area contributed by atoms with Crippen LogP contribution in [-0.4, -0.2) is 43.6 Å². The van der Waals surface area contributed by atoms with E-state index < -0.39 is 0 Å². The number of hydrogen-bond acceptors (Lipinski definition) is 4. The van der Waals surface area contributed by atoms with E-state index in [9.17, 15) is 4.79 Å². The molecule has 0 unspecified atom stereocenters. The molecule has 2 aromatic rings. The van der Waals surface area contributed by atoms with Crippen LogP contribution in [0.3, 0.4) is 0 Å². The van der Waals surface area contributed by atoms with Crippen LogP contribution in [0.4, 0.5) is 0 Å². The Morgan fingerprint density at radius 3 is 2.17 bits per heavy atom.